The second-order valence-corrected chi connectivity index (χ2v) is 11.8. The van der Waals surface area contributed by atoms with Crippen molar-refractivity contribution < 1.29 is 45.7 Å². The Hall–Kier alpha value is -3.98. The second-order valence-electron chi connectivity index (χ2n) is 11.3. The van der Waals surface area contributed by atoms with Gasteiger partial charge in [0.25, 0.3) is 0 Å². The molecule has 3 aromatic rings. The molecule has 5 rings (SSSR count). The molecule has 2 aromatic carbocycles. The molecule has 46 heavy (non-hydrogen) atoms. The molecule has 16 heteroatoms. The number of anilines is 2. The van der Waals surface area contributed by atoms with Gasteiger partial charge in [0.2, 0.25) is 17.9 Å². The predicted octanol–water partition coefficient (Wildman–Crippen LogP) is 6.77. The van der Waals surface area contributed by atoms with Crippen molar-refractivity contribution >= 4 is 29.3 Å². The summed E-state index contributed by atoms with van der Waals surface area (Å²) < 4.78 is 91.7. The molecule has 0 radical (unpaired) electrons. The molecular weight excluding hydrogens is 644 g/mol. The normalized spacial score (nSPS) is 20.5. The van der Waals surface area contributed by atoms with Crippen LogP contribution in [0.2, 0.25) is 5.02 Å². The van der Waals surface area contributed by atoms with E-state index in [1.807, 2.05) is 11.8 Å². The van der Waals surface area contributed by atoms with Crippen molar-refractivity contribution in [1.29, 1.82) is 0 Å². The van der Waals surface area contributed by atoms with E-state index < -0.39 is 47.8 Å². The summed E-state index contributed by atoms with van der Waals surface area (Å²) in [5, 5.41) is 12.8. The lowest BCUT2D eigenvalue weighted by atomic mass is 9.71. The van der Waals surface area contributed by atoms with E-state index in [1.54, 1.807) is 0 Å². The quantitative estimate of drug-likeness (QED) is 0.222. The minimum atomic E-state index is -5.01. The molecule has 0 saturated carbocycles. The van der Waals surface area contributed by atoms with Gasteiger partial charge in [0, 0.05) is 35.8 Å². The molecule has 248 valence electrons. The minimum Gasteiger partial charge on any atom is -0.480 e. The van der Waals surface area contributed by atoms with Crippen LogP contribution in [0, 0.1) is 5.41 Å². The third-order valence-corrected chi connectivity index (χ3v) is 8.70. The number of piperidine rings is 1. The third-order valence-electron chi connectivity index (χ3n) is 8.46. The standard InChI is InChI=1S/C30H30ClF6N5O4/c1-2-22-28(15-21(39-22)26(43)44)8-10-42(11-9-28)23-14-24(41-27(38)40-23)45-25(29(32,33)34)19-7-6-17(31)13-20(19)16-4-3-5-18(12-16)46-30(35,36)37/h3-7,12-14,21-22,25,39H,2,8-11,15H2,1H3,(H,43,44)(H2,38,40,41)/t21?,22?,25-/m1/s1. The van der Waals surface area contributed by atoms with Crippen molar-refractivity contribution in [3.63, 3.8) is 0 Å². The lowest BCUT2D eigenvalue weighted by Crippen LogP contribution is -2.46. The average Bonchev–Trinajstić information content (AvgIpc) is 3.33. The Morgan fingerprint density at radius 3 is 2.48 bits per heavy atom. The summed E-state index contributed by atoms with van der Waals surface area (Å²) in [6, 6.07) is 8.55. The number of carbonyl (C=O) groups is 1. The van der Waals surface area contributed by atoms with Gasteiger partial charge in [0.05, 0.1) is 0 Å². The van der Waals surface area contributed by atoms with Crippen LogP contribution in [0.25, 0.3) is 11.1 Å². The van der Waals surface area contributed by atoms with Crippen LogP contribution in [-0.4, -0.2) is 58.8 Å². The van der Waals surface area contributed by atoms with Gasteiger partial charge in [-0.1, -0.05) is 36.7 Å². The molecule has 3 heterocycles. The van der Waals surface area contributed by atoms with Gasteiger partial charge < -0.3 is 30.5 Å². The number of aromatic nitrogens is 2. The summed E-state index contributed by atoms with van der Waals surface area (Å²) >= 11 is 6.10. The van der Waals surface area contributed by atoms with E-state index >= 15 is 0 Å². The zero-order valence-electron chi connectivity index (χ0n) is 24.3. The van der Waals surface area contributed by atoms with Gasteiger partial charge in [-0.15, -0.1) is 13.2 Å². The number of rotatable bonds is 8. The first-order valence-electron chi connectivity index (χ1n) is 14.3. The number of halogens is 7. The van der Waals surface area contributed by atoms with Gasteiger partial charge in [-0.3, -0.25) is 4.79 Å². The van der Waals surface area contributed by atoms with Crippen LogP contribution >= 0.6 is 11.6 Å². The van der Waals surface area contributed by atoms with E-state index in [1.165, 1.54) is 30.3 Å². The molecule has 0 aliphatic carbocycles. The minimum absolute atomic E-state index is 0.00643. The van der Waals surface area contributed by atoms with E-state index in [9.17, 15) is 36.2 Å². The first-order chi connectivity index (χ1) is 21.6. The fourth-order valence-electron chi connectivity index (χ4n) is 6.42. The van der Waals surface area contributed by atoms with Crippen LogP contribution in [-0.2, 0) is 4.79 Å². The molecule has 2 aliphatic heterocycles. The molecule has 2 unspecified atom stereocenters. The van der Waals surface area contributed by atoms with Crippen LogP contribution in [0.15, 0.2) is 48.5 Å². The van der Waals surface area contributed by atoms with Gasteiger partial charge in [0.15, 0.2) is 0 Å². The van der Waals surface area contributed by atoms with E-state index in [-0.39, 0.29) is 39.4 Å². The number of carboxylic acid groups (broad SMARTS) is 1. The Morgan fingerprint density at radius 2 is 1.85 bits per heavy atom. The SMILES string of the molecule is CCC1NC(C(=O)O)CC12CCN(c1cc(O[C@H](c3ccc(Cl)cc3-c3cccc(OC(F)(F)F)c3)C(F)(F)F)nc(N)n1)CC2. The third kappa shape index (κ3) is 7.35. The number of nitrogens with zero attached hydrogens (tertiary/aromatic N) is 3. The van der Waals surface area contributed by atoms with Crippen molar-refractivity contribution in [3.8, 4) is 22.8 Å². The van der Waals surface area contributed by atoms with Crippen molar-refractivity contribution in [2.24, 2.45) is 5.41 Å². The number of benzene rings is 2. The van der Waals surface area contributed by atoms with Gasteiger partial charge in [0.1, 0.15) is 17.6 Å². The first-order valence-corrected chi connectivity index (χ1v) is 14.7. The monoisotopic (exact) mass is 673 g/mol. The molecule has 1 aromatic heterocycles. The van der Waals surface area contributed by atoms with Gasteiger partial charge >= 0.3 is 18.5 Å². The number of carboxylic acids is 1. The number of hydrogen-bond donors (Lipinski definition) is 3. The first kappa shape index (κ1) is 33.4. The maximum absolute atomic E-state index is 14.6. The number of ether oxygens (including phenoxy) is 2. The highest BCUT2D eigenvalue weighted by Gasteiger charge is 2.50. The lowest BCUT2D eigenvalue weighted by Gasteiger charge is -2.43. The summed E-state index contributed by atoms with van der Waals surface area (Å²) in [6.45, 7) is 2.88. The molecular formula is C30H30ClF6N5O4. The van der Waals surface area contributed by atoms with Crippen LogP contribution in [0.3, 0.4) is 0 Å². The van der Waals surface area contributed by atoms with Crippen molar-refractivity contribution in [1.82, 2.24) is 15.3 Å². The van der Waals surface area contributed by atoms with Gasteiger partial charge in [-0.25, -0.2) is 0 Å². The molecule has 0 bridgehead atoms. The Morgan fingerprint density at radius 1 is 1.13 bits per heavy atom. The van der Waals surface area contributed by atoms with Gasteiger partial charge in [-0.05, 0) is 66.5 Å². The Bertz CT molecular complexity index is 1580. The van der Waals surface area contributed by atoms with E-state index in [4.69, 9.17) is 22.1 Å². The van der Waals surface area contributed by atoms with E-state index in [0.717, 1.165) is 24.6 Å². The molecule has 0 amide bonds. The molecule has 2 fully saturated rings. The highest BCUT2D eigenvalue weighted by Crippen LogP contribution is 2.46. The number of alkyl halides is 6. The maximum atomic E-state index is 14.6. The number of nitrogen functional groups attached to an aromatic ring is 1. The fraction of sp³-hybridized carbons (Fsp3) is 0.433. The molecule has 9 nitrogen and oxygen atoms in total. The average molecular weight is 674 g/mol. The Kier molecular flexibility index (Phi) is 9.19. The van der Waals surface area contributed by atoms with E-state index in [2.05, 4.69) is 20.0 Å². The largest absolute Gasteiger partial charge is 0.573 e. The maximum Gasteiger partial charge on any atom is 0.573 e. The number of nitrogens with one attached hydrogen (secondary N) is 1. The zero-order chi connectivity index (χ0) is 33.4. The molecule has 2 aliphatic rings. The van der Waals surface area contributed by atoms with Crippen molar-refractivity contribution in [2.75, 3.05) is 23.7 Å². The van der Waals surface area contributed by atoms with E-state index in [0.29, 0.717) is 32.4 Å². The van der Waals surface area contributed by atoms with Crippen LogP contribution in [0.4, 0.5) is 38.1 Å². The van der Waals surface area contributed by atoms with Crippen LogP contribution in [0.5, 0.6) is 11.6 Å². The number of hydrogen-bond acceptors (Lipinski definition) is 8. The van der Waals surface area contributed by atoms with Crippen molar-refractivity contribution in [2.45, 2.75) is 63.3 Å². The Balaban J connectivity index is 1.42. The van der Waals surface area contributed by atoms with Gasteiger partial charge in [-0.2, -0.15) is 23.1 Å². The van der Waals surface area contributed by atoms with Crippen molar-refractivity contribution in [3.05, 3.63) is 59.1 Å². The fourth-order valence-corrected chi connectivity index (χ4v) is 6.59. The summed E-state index contributed by atoms with van der Waals surface area (Å²) in [7, 11) is 0. The number of aliphatic carboxylic acids is 1. The molecule has 4 N–H and O–H groups in total. The summed E-state index contributed by atoms with van der Waals surface area (Å²) in [5.41, 5.74) is 5.05. The highest BCUT2D eigenvalue weighted by atomic mass is 35.5. The Labute approximate surface area is 264 Å². The smallest absolute Gasteiger partial charge is 0.480 e. The number of nitrogens with two attached hydrogens (primary N) is 1. The topological polar surface area (TPSA) is 123 Å². The molecule has 3 atom stereocenters. The zero-order valence-corrected chi connectivity index (χ0v) is 25.1. The predicted molar refractivity (Wildman–Crippen MR) is 157 cm³/mol. The van der Waals surface area contributed by atoms with Crippen LogP contribution < -0.4 is 25.4 Å². The summed E-state index contributed by atoms with van der Waals surface area (Å²) in [4.78, 5) is 21.6. The second kappa shape index (κ2) is 12.7. The van der Waals surface area contributed by atoms with Crippen LogP contribution in [0.1, 0.15) is 44.3 Å². The molecule has 2 saturated heterocycles. The lowest BCUT2D eigenvalue weighted by molar-refractivity contribution is -0.274. The highest BCUT2D eigenvalue weighted by molar-refractivity contribution is 6.30. The molecule has 1 spiro atoms. The summed E-state index contributed by atoms with van der Waals surface area (Å²) in [6.07, 6.45) is -10.2. The summed E-state index contributed by atoms with van der Waals surface area (Å²) in [5.74, 6) is -2.11.